The number of hydrogen-bond donors (Lipinski definition) is 2. The van der Waals surface area contributed by atoms with Crippen LogP contribution in [-0.2, 0) is 0 Å². The normalized spacial score (nSPS) is 14.2. The Labute approximate surface area is 149 Å². The van der Waals surface area contributed by atoms with Gasteiger partial charge in [0.2, 0.25) is 5.88 Å². The number of ether oxygens (including phenoxy) is 1. The fourth-order valence-electron chi connectivity index (χ4n) is 3.59. The zero-order valence-corrected chi connectivity index (χ0v) is 14.3. The molecule has 26 heavy (non-hydrogen) atoms. The molecule has 0 amide bonds. The van der Waals surface area contributed by atoms with Gasteiger partial charge in [0, 0.05) is 41.1 Å². The minimum Gasteiger partial charge on any atom is -0.496 e. The summed E-state index contributed by atoms with van der Waals surface area (Å²) in [7, 11) is 1.64. The van der Waals surface area contributed by atoms with Gasteiger partial charge in [-0.05, 0) is 18.9 Å². The van der Waals surface area contributed by atoms with Crippen molar-refractivity contribution < 1.29 is 9.84 Å². The van der Waals surface area contributed by atoms with Crippen molar-refractivity contribution in [2.75, 3.05) is 12.8 Å². The number of nitrogens with zero attached hydrogens (tertiary/aromatic N) is 3. The van der Waals surface area contributed by atoms with E-state index in [4.69, 9.17) is 15.5 Å². The smallest absolute Gasteiger partial charge is 0.203 e. The molecule has 1 aliphatic carbocycles. The lowest BCUT2D eigenvalue weighted by molar-refractivity contribution is 0.416. The number of anilines is 1. The number of methoxy groups -OCH3 is 1. The zero-order chi connectivity index (χ0) is 17.8. The Morgan fingerprint density at radius 2 is 2.08 bits per heavy atom. The molecule has 4 aromatic rings. The highest BCUT2D eigenvalue weighted by molar-refractivity contribution is 6.12. The van der Waals surface area contributed by atoms with Crippen LogP contribution in [0, 0.1) is 0 Å². The van der Waals surface area contributed by atoms with E-state index >= 15 is 0 Å². The summed E-state index contributed by atoms with van der Waals surface area (Å²) in [5, 5.41) is 12.1. The molecule has 1 fully saturated rings. The number of fused-ring (bicyclic) bond motifs is 2. The van der Waals surface area contributed by atoms with Gasteiger partial charge in [0.15, 0.2) is 0 Å². The molecule has 3 aromatic heterocycles. The summed E-state index contributed by atoms with van der Waals surface area (Å²) in [6.07, 6.45) is 7.51. The molecule has 3 heterocycles. The molecule has 3 N–H and O–H groups in total. The van der Waals surface area contributed by atoms with E-state index in [0.29, 0.717) is 22.6 Å². The summed E-state index contributed by atoms with van der Waals surface area (Å²) in [5.41, 5.74) is 10.2. The molecule has 0 saturated heterocycles. The molecule has 0 spiro atoms. The number of nitrogen functional groups attached to an aromatic ring is 1. The van der Waals surface area contributed by atoms with Crippen LogP contribution in [0.1, 0.15) is 18.9 Å². The highest BCUT2D eigenvalue weighted by atomic mass is 16.5. The van der Waals surface area contributed by atoms with Crippen molar-refractivity contribution in [3.63, 3.8) is 0 Å². The zero-order valence-electron chi connectivity index (χ0n) is 14.3. The summed E-state index contributed by atoms with van der Waals surface area (Å²) in [4.78, 5) is 9.07. The molecule has 1 aliphatic rings. The molecule has 5 rings (SSSR count). The van der Waals surface area contributed by atoms with Crippen LogP contribution >= 0.6 is 0 Å². The second-order valence-corrected chi connectivity index (χ2v) is 6.65. The number of nitrogens with two attached hydrogens (primary N) is 1. The van der Waals surface area contributed by atoms with Crippen LogP contribution in [-0.4, -0.2) is 26.8 Å². The van der Waals surface area contributed by atoms with E-state index < -0.39 is 0 Å². The van der Waals surface area contributed by atoms with Crippen molar-refractivity contribution in [3.05, 3.63) is 42.9 Å². The number of hydrogen-bond acceptors (Lipinski definition) is 5. The standard InChI is InChI=1S/C20H18N4O2/c1-26-16-7-8-22-9-14(16)12-3-2-4-13-18(21)17-15(23-19(12)13)10-24(20(17)25)11-5-6-11/h2-4,7-11,25H,5-6,21H2,1H3. The number of benzene rings is 1. The minimum atomic E-state index is 0.207. The molecule has 0 aliphatic heterocycles. The van der Waals surface area contributed by atoms with E-state index in [-0.39, 0.29) is 5.88 Å². The van der Waals surface area contributed by atoms with Crippen molar-refractivity contribution in [1.82, 2.24) is 14.5 Å². The first kappa shape index (κ1) is 15.0. The summed E-state index contributed by atoms with van der Waals surface area (Å²) >= 11 is 0. The lowest BCUT2D eigenvalue weighted by Crippen LogP contribution is -1.95. The molecule has 0 atom stereocenters. The molecule has 6 nitrogen and oxygen atoms in total. The largest absolute Gasteiger partial charge is 0.496 e. The lowest BCUT2D eigenvalue weighted by atomic mass is 10.0. The molecule has 130 valence electrons. The van der Waals surface area contributed by atoms with Crippen LogP contribution in [0.3, 0.4) is 0 Å². The molecular weight excluding hydrogens is 328 g/mol. The quantitative estimate of drug-likeness (QED) is 0.588. The van der Waals surface area contributed by atoms with Gasteiger partial charge >= 0.3 is 0 Å². The van der Waals surface area contributed by atoms with Crippen LogP contribution in [0.4, 0.5) is 5.69 Å². The molecule has 6 heteroatoms. The van der Waals surface area contributed by atoms with Gasteiger partial charge in [-0.15, -0.1) is 0 Å². The first-order valence-corrected chi connectivity index (χ1v) is 8.59. The maximum atomic E-state index is 10.6. The van der Waals surface area contributed by atoms with Crippen LogP contribution in [0.15, 0.2) is 42.9 Å². The molecule has 0 bridgehead atoms. The number of rotatable bonds is 3. The fourth-order valence-corrected chi connectivity index (χ4v) is 3.59. The number of aromatic nitrogens is 3. The van der Waals surface area contributed by atoms with Crippen molar-refractivity contribution in [1.29, 1.82) is 0 Å². The topological polar surface area (TPSA) is 86.2 Å². The first-order valence-electron chi connectivity index (χ1n) is 8.59. The Hall–Kier alpha value is -3.28. The Kier molecular flexibility index (Phi) is 3.09. The fraction of sp³-hybridized carbons (Fsp3) is 0.200. The Morgan fingerprint density at radius 1 is 1.23 bits per heavy atom. The maximum Gasteiger partial charge on any atom is 0.203 e. The van der Waals surface area contributed by atoms with E-state index in [0.717, 1.165) is 40.6 Å². The third kappa shape index (κ3) is 2.05. The van der Waals surface area contributed by atoms with E-state index in [2.05, 4.69) is 4.98 Å². The maximum absolute atomic E-state index is 10.6. The molecule has 0 unspecified atom stereocenters. The van der Waals surface area contributed by atoms with E-state index in [1.54, 1.807) is 19.5 Å². The van der Waals surface area contributed by atoms with E-state index in [1.807, 2.05) is 35.0 Å². The van der Waals surface area contributed by atoms with Crippen molar-refractivity contribution in [2.24, 2.45) is 0 Å². The predicted molar refractivity (Wildman–Crippen MR) is 101 cm³/mol. The number of aromatic hydroxyl groups is 1. The average molecular weight is 346 g/mol. The highest BCUT2D eigenvalue weighted by Gasteiger charge is 2.28. The third-order valence-corrected chi connectivity index (χ3v) is 5.04. The third-order valence-electron chi connectivity index (χ3n) is 5.04. The molecule has 0 radical (unpaired) electrons. The summed E-state index contributed by atoms with van der Waals surface area (Å²) in [5.74, 6) is 0.935. The van der Waals surface area contributed by atoms with Gasteiger partial charge in [-0.25, -0.2) is 4.98 Å². The van der Waals surface area contributed by atoms with Crippen molar-refractivity contribution >= 4 is 27.5 Å². The Morgan fingerprint density at radius 3 is 2.85 bits per heavy atom. The van der Waals surface area contributed by atoms with Crippen LogP contribution in [0.2, 0.25) is 0 Å². The Bertz CT molecular complexity index is 1160. The van der Waals surface area contributed by atoms with Gasteiger partial charge in [0.1, 0.15) is 5.75 Å². The number of pyridine rings is 2. The van der Waals surface area contributed by atoms with Gasteiger partial charge in [0.05, 0.1) is 29.2 Å². The van der Waals surface area contributed by atoms with Crippen molar-refractivity contribution in [2.45, 2.75) is 18.9 Å². The summed E-state index contributed by atoms with van der Waals surface area (Å²) in [6.45, 7) is 0. The SMILES string of the molecule is COc1ccncc1-c1cccc2c(N)c3c(O)n(C4CC4)cc3nc12. The summed E-state index contributed by atoms with van der Waals surface area (Å²) < 4.78 is 7.37. The second kappa shape index (κ2) is 5.36. The van der Waals surface area contributed by atoms with E-state index in [9.17, 15) is 5.11 Å². The molecule has 1 aromatic carbocycles. The van der Waals surface area contributed by atoms with Crippen LogP contribution < -0.4 is 10.5 Å². The summed E-state index contributed by atoms with van der Waals surface area (Å²) in [6, 6.07) is 8.02. The van der Waals surface area contributed by atoms with Gasteiger partial charge in [-0.2, -0.15) is 0 Å². The van der Waals surface area contributed by atoms with Crippen molar-refractivity contribution in [3.8, 4) is 22.8 Å². The highest BCUT2D eigenvalue weighted by Crippen LogP contribution is 2.45. The van der Waals surface area contributed by atoms with Crippen LogP contribution in [0.5, 0.6) is 11.6 Å². The Balaban J connectivity index is 1.85. The molecule has 1 saturated carbocycles. The number of para-hydroxylation sites is 1. The predicted octanol–water partition coefficient (Wildman–Crippen LogP) is 3.88. The van der Waals surface area contributed by atoms with E-state index in [1.165, 1.54) is 0 Å². The van der Waals surface area contributed by atoms with Gasteiger partial charge in [-0.3, -0.25) is 4.98 Å². The average Bonchev–Trinajstić information content (AvgIpc) is 3.45. The van der Waals surface area contributed by atoms with Gasteiger partial charge in [-0.1, -0.05) is 18.2 Å². The monoisotopic (exact) mass is 346 g/mol. The molecular formula is C20H18N4O2. The van der Waals surface area contributed by atoms with Gasteiger partial charge in [0.25, 0.3) is 0 Å². The minimum absolute atomic E-state index is 0.207. The second-order valence-electron chi connectivity index (χ2n) is 6.65. The first-order chi connectivity index (χ1) is 12.7. The lowest BCUT2D eigenvalue weighted by Gasteiger charge is -2.11. The van der Waals surface area contributed by atoms with Crippen LogP contribution in [0.25, 0.3) is 32.9 Å². The van der Waals surface area contributed by atoms with Gasteiger partial charge < -0.3 is 20.1 Å².